The zero-order valence-corrected chi connectivity index (χ0v) is 20.7. The number of carbonyl (C=O) groups excluding carboxylic acids is 1. The first-order chi connectivity index (χ1) is 17.4. The van der Waals surface area contributed by atoms with Gasteiger partial charge in [0.1, 0.15) is 0 Å². The van der Waals surface area contributed by atoms with Crippen LogP contribution in [0, 0.1) is 0 Å². The Hall–Kier alpha value is -4.18. The summed E-state index contributed by atoms with van der Waals surface area (Å²) in [6, 6.07) is 10.8. The number of esters is 1. The number of nitrogens with zero attached hydrogens (tertiary/aromatic N) is 2. The summed E-state index contributed by atoms with van der Waals surface area (Å²) in [5.41, 5.74) is 0.827. The van der Waals surface area contributed by atoms with Crippen LogP contribution in [0.3, 0.4) is 0 Å². The standard InChI is InChI=1S/C26H24N2O7S/c1-4-34-19-11-10-16(12-20(19)35-5-2)22-18(25(32)33-3)14-27-26-28(22)23(29)21(36-26)13-15-8-6-7-9-17(15)24(30)31/h6-14,22H,4-5H2,1-3H3,(H,30,31)/b21-13+/t22-/m0/s1. The first kappa shape index (κ1) is 24.9. The van der Waals surface area contributed by atoms with E-state index in [2.05, 4.69) is 4.99 Å². The minimum Gasteiger partial charge on any atom is -0.490 e. The molecule has 4 rings (SSSR count). The molecule has 0 radical (unpaired) electrons. The Kier molecular flexibility index (Phi) is 7.35. The molecule has 10 heteroatoms. The Labute approximate surface area is 210 Å². The number of ether oxygens (including phenoxy) is 3. The van der Waals surface area contributed by atoms with E-state index in [1.54, 1.807) is 36.4 Å². The number of hydrogen-bond donors (Lipinski definition) is 1. The van der Waals surface area contributed by atoms with Crippen LogP contribution in [0.1, 0.15) is 41.4 Å². The second kappa shape index (κ2) is 10.6. The van der Waals surface area contributed by atoms with Crippen molar-refractivity contribution in [2.45, 2.75) is 19.9 Å². The molecule has 0 spiro atoms. The Morgan fingerprint density at radius 2 is 1.83 bits per heavy atom. The molecule has 186 valence electrons. The lowest BCUT2D eigenvalue weighted by atomic mass is 9.97. The fourth-order valence-electron chi connectivity index (χ4n) is 3.95. The smallest absolute Gasteiger partial charge is 0.337 e. The van der Waals surface area contributed by atoms with Crippen molar-refractivity contribution in [1.82, 2.24) is 4.57 Å². The number of aromatic nitrogens is 1. The van der Waals surface area contributed by atoms with Gasteiger partial charge in [0.25, 0.3) is 5.56 Å². The van der Waals surface area contributed by atoms with Gasteiger partial charge in [-0.15, -0.1) is 0 Å². The summed E-state index contributed by atoms with van der Waals surface area (Å²) in [5.74, 6) is -0.695. The fraction of sp³-hybridized carbons (Fsp3) is 0.231. The van der Waals surface area contributed by atoms with Gasteiger partial charge < -0.3 is 19.3 Å². The van der Waals surface area contributed by atoms with Gasteiger partial charge in [-0.05, 0) is 49.2 Å². The summed E-state index contributed by atoms with van der Waals surface area (Å²) >= 11 is 1.11. The molecule has 9 nitrogen and oxygen atoms in total. The lowest BCUT2D eigenvalue weighted by molar-refractivity contribution is -0.136. The second-order valence-corrected chi connectivity index (χ2v) is 8.65. The number of rotatable bonds is 8. The van der Waals surface area contributed by atoms with Crippen LogP contribution in [0.15, 0.2) is 64.0 Å². The highest BCUT2D eigenvalue weighted by molar-refractivity contribution is 7.07. The third-order valence-electron chi connectivity index (χ3n) is 5.49. The zero-order chi connectivity index (χ0) is 25.8. The van der Waals surface area contributed by atoms with Crippen LogP contribution in [0.25, 0.3) is 6.08 Å². The highest BCUT2D eigenvalue weighted by Gasteiger charge is 2.31. The molecule has 1 N–H and O–H groups in total. The average molecular weight is 509 g/mol. The predicted molar refractivity (Wildman–Crippen MR) is 133 cm³/mol. The molecule has 36 heavy (non-hydrogen) atoms. The predicted octanol–water partition coefficient (Wildman–Crippen LogP) is 2.51. The maximum Gasteiger partial charge on any atom is 0.337 e. The van der Waals surface area contributed by atoms with E-state index in [1.807, 2.05) is 13.8 Å². The lowest BCUT2D eigenvalue weighted by Gasteiger charge is -2.23. The van der Waals surface area contributed by atoms with E-state index in [4.69, 9.17) is 14.2 Å². The first-order valence-corrected chi connectivity index (χ1v) is 12.0. The quantitative estimate of drug-likeness (QED) is 0.465. The van der Waals surface area contributed by atoms with Crippen LogP contribution < -0.4 is 24.4 Å². The monoisotopic (exact) mass is 508 g/mol. The van der Waals surface area contributed by atoms with E-state index >= 15 is 0 Å². The average Bonchev–Trinajstić information content (AvgIpc) is 3.19. The number of methoxy groups -OCH3 is 1. The van der Waals surface area contributed by atoms with Crippen LogP contribution >= 0.6 is 11.3 Å². The molecule has 0 unspecified atom stereocenters. The minimum absolute atomic E-state index is 0.0722. The summed E-state index contributed by atoms with van der Waals surface area (Å²) in [6.07, 6.45) is 2.92. The SMILES string of the molecule is CCOc1ccc([C@H]2C(C(=O)OC)=CN=c3s/c(=C/c4ccccc4C(=O)O)c(=O)n32)cc1OCC. The molecule has 2 aromatic carbocycles. The van der Waals surface area contributed by atoms with Crippen molar-refractivity contribution < 1.29 is 28.9 Å². The number of carbonyl (C=O) groups is 2. The normalized spacial score (nSPS) is 14.9. The molecule has 0 saturated carbocycles. The molecular weight excluding hydrogens is 484 g/mol. The number of hydrogen-bond acceptors (Lipinski definition) is 8. The van der Waals surface area contributed by atoms with Crippen molar-refractivity contribution in [1.29, 1.82) is 0 Å². The number of aromatic carboxylic acids is 1. The minimum atomic E-state index is -1.10. The second-order valence-electron chi connectivity index (χ2n) is 7.64. The van der Waals surface area contributed by atoms with Gasteiger partial charge in [-0.1, -0.05) is 35.6 Å². The van der Waals surface area contributed by atoms with Gasteiger partial charge in [0.15, 0.2) is 16.3 Å². The van der Waals surface area contributed by atoms with Crippen LogP contribution in [-0.2, 0) is 9.53 Å². The number of fused-ring (bicyclic) bond motifs is 1. The van der Waals surface area contributed by atoms with E-state index in [-0.39, 0.29) is 15.7 Å². The first-order valence-electron chi connectivity index (χ1n) is 11.2. The molecule has 0 bridgehead atoms. The molecule has 0 aliphatic carbocycles. The molecule has 0 fully saturated rings. The molecule has 2 heterocycles. The van der Waals surface area contributed by atoms with Gasteiger partial charge in [-0.2, -0.15) is 0 Å². The molecule has 1 aromatic heterocycles. The van der Waals surface area contributed by atoms with Crippen LogP contribution in [0.5, 0.6) is 11.5 Å². The van der Waals surface area contributed by atoms with Gasteiger partial charge in [0.2, 0.25) is 0 Å². The molecule has 1 aliphatic rings. The van der Waals surface area contributed by atoms with Gasteiger partial charge in [0, 0.05) is 6.20 Å². The van der Waals surface area contributed by atoms with Crippen molar-refractivity contribution in [3.8, 4) is 11.5 Å². The Bertz CT molecular complexity index is 1530. The third-order valence-corrected chi connectivity index (χ3v) is 6.48. The Balaban J connectivity index is 1.93. The van der Waals surface area contributed by atoms with Crippen molar-refractivity contribution >= 4 is 29.4 Å². The van der Waals surface area contributed by atoms with E-state index in [1.165, 1.54) is 30.0 Å². The maximum atomic E-state index is 13.6. The van der Waals surface area contributed by atoms with E-state index in [0.717, 1.165) is 11.3 Å². The molecule has 1 atom stereocenters. The molecule has 3 aromatic rings. The van der Waals surface area contributed by atoms with Gasteiger partial charge in [0.05, 0.1) is 42.0 Å². The van der Waals surface area contributed by atoms with Crippen molar-refractivity contribution in [2.24, 2.45) is 4.99 Å². The lowest BCUT2D eigenvalue weighted by Crippen LogP contribution is -2.39. The zero-order valence-electron chi connectivity index (χ0n) is 19.9. The van der Waals surface area contributed by atoms with Gasteiger partial charge in [-0.3, -0.25) is 9.36 Å². The third kappa shape index (κ3) is 4.67. The number of carboxylic acids is 1. The van der Waals surface area contributed by atoms with Gasteiger partial charge >= 0.3 is 11.9 Å². The molecular formula is C26H24N2O7S. The van der Waals surface area contributed by atoms with Crippen LogP contribution in [0.2, 0.25) is 0 Å². The van der Waals surface area contributed by atoms with Gasteiger partial charge in [-0.25, -0.2) is 14.6 Å². The highest BCUT2D eigenvalue weighted by atomic mass is 32.1. The molecule has 0 saturated heterocycles. The summed E-state index contributed by atoms with van der Waals surface area (Å²) in [5, 5.41) is 9.52. The van der Waals surface area contributed by atoms with Crippen molar-refractivity contribution in [3.05, 3.63) is 90.6 Å². The van der Waals surface area contributed by atoms with Crippen LogP contribution in [0.4, 0.5) is 0 Å². The number of benzene rings is 2. The summed E-state index contributed by atoms with van der Waals surface area (Å²) in [7, 11) is 1.26. The van der Waals surface area contributed by atoms with Crippen molar-refractivity contribution in [2.75, 3.05) is 20.3 Å². The van der Waals surface area contributed by atoms with E-state index in [0.29, 0.717) is 40.6 Å². The fourth-order valence-corrected chi connectivity index (χ4v) is 4.91. The van der Waals surface area contributed by atoms with Crippen LogP contribution in [-0.4, -0.2) is 41.9 Å². The molecule has 1 aliphatic heterocycles. The summed E-state index contributed by atoms with van der Waals surface area (Å²) in [6.45, 7) is 4.55. The number of carboxylic acid groups (broad SMARTS) is 1. The Morgan fingerprint density at radius 1 is 1.11 bits per heavy atom. The maximum absolute atomic E-state index is 13.6. The Morgan fingerprint density at radius 3 is 2.53 bits per heavy atom. The van der Waals surface area contributed by atoms with Crippen molar-refractivity contribution in [3.63, 3.8) is 0 Å². The highest BCUT2D eigenvalue weighted by Crippen LogP contribution is 2.35. The largest absolute Gasteiger partial charge is 0.490 e. The van der Waals surface area contributed by atoms with E-state index < -0.39 is 23.5 Å². The van der Waals surface area contributed by atoms with E-state index in [9.17, 15) is 19.5 Å². The number of thiazole rings is 1. The topological polar surface area (TPSA) is 116 Å². The summed E-state index contributed by atoms with van der Waals surface area (Å²) in [4.78, 5) is 42.6. The molecule has 0 amide bonds. The summed E-state index contributed by atoms with van der Waals surface area (Å²) < 4.78 is 18.1.